The van der Waals surface area contributed by atoms with E-state index in [9.17, 15) is 29.1 Å². The molecule has 184 valence electrons. The second kappa shape index (κ2) is 9.60. The fraction of sp³-hybridized carbons (Fsp3) is 0.667. The molecule has 2 aliphatic rings. The number of nitrogens with zero attached hydrogens (tertiary/aromatic N) is 4. The zero-order valence-electron chi connectivity index (χ0n) is 17.1. The number of aromatic nitrogens is 4. The third kappa shape index (κ3) is 5.75. The maximum Gasteiger partial charge on any atom is 0.481 e. The van der Waals surface area contributed by atoms with E-state index in [1.807, 2.05) is 0 Å². The highest BCUT2D eigenvalue weighted by atomic mass is 31.3. The van der Waals surface area contributed by atoms with E-state index in [0.717, 1.165) is 0 Å². The van der Waals surface area contributed by atoms with Crippen LogP contribution in [-0.4, -0.2) is 83.6 Å². The quantitative estimate of drug-likeness (QED) is 0.223. The minimum Gasteiger partial charge on any atom is -0.389 e. The standard InChI is InChI=1S/C15H24N6O10P2/c16-14-12-15(19-6-18-14)21(7-20-12)11-2-1-8(30-11)4-28-32(24,25)31-33(26,27)29-5-9-13(23)10(22)3-17-9/h6-11,13,17,22-23H,1-5H2,(H,24,25)(H,26,27)(H2,16,18,19)/t8?,9-,10+,11+,13-/m0/s1. The van der Waals surface area contributed by atoms with Crippen molar-refractivity contribution in [2.24, 2.45) is 0 Å². The number of nitrogens with two attached hydrogens (primary N) is 1. The predicted molar refractivity (Wildman–Crippen MR) is 109 cm³/mol. The highest BCUT2D eigenvalue weighted by Gasteiger charge is 2.40. The van der Waals surface area contributed by atoms with Crippen LogP contribution in [0.4, 0.5) is 5.82 Å². The number of rotatable bonds is 9. The zero-order chi connectivity index (χ0) is 23.8. The zero-order valence-corrected chi connectivity index (χ0v) is 18.9. The van der Waals surface area contributed by atoms with Crippen LogP contribution in [0.15, 0.2) is 12.7 Å². The number of hydrogen-bond donors (Lipinski definition) is 6. The molecule has 3 unspecified atom stereocenters. The van der Waals surface area contributed by atoms with E-state index in [1.165, 1.54) is 12.7 Å². The highest BCUT2D eigenvalue weighted by Crippen LogP contribution is 2.60. The Kier molecular flexibility index (Phi) is 7.15. The van der Waals surface area contributed by atoms with Gasteiger partial charge in [0.15, 0.2) is 11.5 Å². The predicted octanol–water partition coefficient (Wildman–Crippen LogP) is -0.970. The van der Waals surface area contributed by atoms with Crippen LogP contribution in [0.2, 0.25) is 0 Å². The van der Waals surface area contributed by atoms with Crippen LogP contribution in [-0.2, 0) is 27.2 Å². The molecule has 2 aromatic rings. The summed E-state index contributed by atoms with van der Waals surface area (Å²) in [6, 6.07) is -0.855. The van der Waals surface area contributed by atoms with Gasteiger partial charge in [-0.15, -0.1) is 0 Å². The average molecular weight is 510 g/mol. The van der Waals surface area contributed by atoms with Gasteiger partial charge in [-0.25, -0.2) is 24.1 Å². The van der Waals surface area contributed by atoms with Crippen LogP contribution in [0.5, 0.6) is 0 Å². The van der Waals surface area contributed by atoms with Crippen LogP contribution in [0.1, 0.15) is 19.1 Å². The van der Waals surface area contributed by atoms with Crippen LogP contribution in [0, 0.1) is 0 Å². The SMILES string of the molecule is Nc1ncnc2c1ncn2[C@H]1CCC(COP(=O)(O)OP(=O)(O)OC[C@@H]2NC[C@@H](O)[C@H]2O)O1. The minimum absolute atomic E-state index is 0.0605. The number of phosphoric ester groups is 2. The lowest BCUT2D eigenvalue weighted by atomic mass is 10.1. The summed E-state index contributed by atoms with van der Waals surface area (Å²) in [4.78, 5) is 31.7. The number of fused-ring (bicyclic) bond motifs is 1. The number of aliphatic hydroxyl groups is 2. The minimum atomic E-state index is -5.01. The summed E-state index contributed by atoms with van der Waals surface area (Å²) in [5.74, 6) is 0.222. The molecule has 7 N–H and O–H groups in total. The molecule has 4 heterocycles. The first-order valence-corrected chi connectivity index (χ1v) is 12.9. The van der Waals surface area contributed by atoms with E-state index in [4.69, 9.17) is 15.0 Å². The first kappa shape index (κ1) is 24.6. The maximum atomic E-state index is 12.1. The monoisotopic (exact) mass is 510 g/mol. The molecular weight excluding hydrogens is 486 g/mol. The van der Waals surface area contributed by atoms with Crippen molar-refractivity contribution < 1.29 is 47.2 Å². The summed E-state index contributed by atoms with van der Waals surface area (Å²) in [6.07, 6.45) is 0.369. The molecule has 4 rings (SSSR count). The molecule has 0 radical (unpaired) electrons. The molecule has 0 spiro atoms. The van der Waals surface area contributed by atoms with E-state index < -0.39 is 59.4 Å². The van der Waals surface area contributed by atoms with Gasteiger partial charge in [-0.1, -0.05) is 0 Å². The van der Waals surface area contributed by atoms with Crippen molar-refractivity contribution in [3.05, 3.63) is 12.7 Å². The van der Waals surface area contributed by atoms with Gasteiger partial charge in [-0.2, -0.15) is 4.31 Å². The number of imidazole rings is 1. The highest BCUT2D eigenvalue weighted by molar-refractivity contribution is 7.61. The van der Waals surface area contributed by atoms with Gasteiger partial charge in [0, 0.05) is 6.54 Å². The van der Waals surface area contributed by atoms with E-state index in [-0.39, 0.29) is 12.4 Å². The molecule has 2 aromatic heterocycles. The molecule has 2 aliphatic heterocycles. The van der Waals surface area contributed by atoms with Gasteiger partial charge in [0.25, 0.3) is 0 Å². The van der Waals surface area contributed by atoms with E-state index >= 15 is 0 Å². The summed E-state index contributed by atoms with van der Waals surface area (Å²) < 4.78 is 45.3. The Balaban J connectivity index is 1.27. The molecular formula is C15H24N6O10P2. The smallest absolute Gasteiger partial charge is 0.389 e. The van der Waals surface area contributed by atoms with Gasteiger partial charge in [0.2, 0.25) is 0 Å². The van der Waals surface area contributed by atoms with Crippen molar-refractivity contribution in [2.75, 3.05) is 25.5 Å². The Labute approximate surface area is 186 Å². The number of anilines is 1. The molecule has 0 amide bonds. The molecule has 16 nitrogen and oxygen atoms in total. The molecule has 2 fully saturated rings. The normalized spacial score (nSPS) is 31.6. The van der Waals surface area contributed by atoms with Crippen molar-refractivity contribution in [3.8, 4) is 0 Å². The number of aliphatic hydroxyl groups excluding tert-OH is 2. The van der Waals surface area contributed by atoms with Crippen LogP contribution >= 0.6 is 15.6 Å². The molecule has 7 atom stereocenters. The Morgan fingerprint density at radius 2 is 1.88 bits per heavy atom. The first-order valence-electron chi connectivity index (χ1n) is 9.88. The first-order chi connectivity index (χ1) is 15.5. The third-order valence-corrected chi connectivity index (χ3v) is 7.83. The van der Waals surface area contributed by atoms with Crippen LogP contribution in [0.3, 0.4) is 0 Å². The van der Waals surface area contributed by atoms with Crippen LogP contribution < -0.4 is 11.1 Å². The lowest BCUT2D eigenvalue weighted by molar-refractivity contribution is -0.0208. The van der Waals surface area contributed by atoms with Crippen LogP contribution in [0.25, 0.3) is 11.2 Å². The van der Waals surface area contributed by atoms with Gasteiger partial charge in [0.1, 0.15) is 18.1 Å². The lowest BCUT2D eigenvalue weighted by Gasteiger charge is -2.20. The molecule has 33 heavy (non-hydrogen) atoms. The van der Waals surface area contributed by atoms with Gasteiger partial charge >= 0.3 is 15.6 Å². The van der Waals surface area contributed by atoms with E-state index in [2.05, 4.69) is 29.1 Å². The third-order valence-electron chi connectivity index (χ3n) is 5.23. The Hall–Kier alpha value is -1.55. The average Bonchev–Trinajstić information content (AvgIpc) is 3.45. The molecule has 18 heteroatoms. The number of phosphoric acid groups is 2. The lowest BCUT2D eigenvalue weighted by Crippen LogP contribution is -2.36. The van der Waals surface area contributed by atoms with Crippen molar-refractivity contribution in [1.29, 1.82) is 0 Å². The molecule has 0 aromatic carbocycles. The van der Waals surface area contributed by atoms with E-state index in [0.29, 0.717) is 24.0 Å². The van der Waals surface area contributed by atoms with Gasteiger partial charge in [-0.3, -0.25) is 13.6 Å². The second-order valence-corrected chi connectivity index (χ2v) is 10.6. The molecule has 0 saturated carbocycles. The molecule has 0 aliphatic carbocycles. The fourth-order valence-electron chi connectivity index (χ4n) is 3.56. The summed E-state index contributed by atoms with van der Waals surface area (Å²) in [7, 11) is -10.00. The maximum absolute atomic E-state index is 12.1. The van der Waals surface area contributed by atoms with Gasteiger partial charge < -0.3 is 35.8 Å². The Bertz CT molecular complexity index is 1090. The molecule has 2 saturated heterocycles. The number of ether oxygens (including phenoxy) is 1. The Morgan fingerprint density at radius 3 is 2.58 bits per heavy atom. The largest absolute Gasteiger partial charge is 0.481 e. The Morgan fingerprint density at radius 1 is 1.15 bits per heavy atom. The number of nitrogen functional groups attached to an aromatic ring is 1. The fourth-order valence-corrected chi connectivity index (χ4v) is 5.69. The van der Waals surface area contributed by atoms with Crippen molar-refractivity contribution >= 4 is 32.6 Å². The van der Waals surface area contributed by atoms with E-state index in [1.54, 1.807) is 4.57 Å². The summed E-state index contributed by atoms with van der Waals surface area (Å²) >= 11 is 0. The number of β-amino-alcohol motifs (C(OH)–C–C–N with tert-alkyl or cyclic N) is 1. The topological polar surface area (TPSA) is 234 Å². The van der Waals surface area contributed by atoms with Crippen molar-refractivity contribution in [3.63, 3.8) is 0 Å². The summed E-state index contributed by atoms with van der Waals surface area (Å²) in [5, 5.41) is 21.8. The second-order valence-electron chi connectivity index (χ2n) is 7.56. The number of nitrogens with one attached hydrogen (secondary N) is 1. The van der Waals surface area contributed by atoms with Crippen molar-refractivity contribution in [1.82, 2.24) is 24.8 Å². The summed E-state index contributed by atoms with van der Waals surface area (Å²) in [6.45, 7) is -0.888. The molecule has 0 bridgehead atoms. The summed E-state index contributed by atoms with van der Waals surface area (Å²) in [5.41, 5.74) is 6.66. The number of hydrogen-bond acceptors (Lipinski definition) is 13. The van der Waals surface area contributed by atoms with Gasteiger partial charge in [0.05, 0.1) is 43.9 Å². The van der Waals surface area contributed by atoms with Gasteiger partial charge in [-0.05, 0) is 12.8 Å². The van der Waals surface area contributed by atoms with Crippen molar-refractivity contribution in [2.45, 2.75) is 43.4 Å².